The van der Waals surface area contributed by atoms with Gasteiger partial charge >= 0.3 is 11.4 Å². The zero-order chi connectivity index (χ0) is 16.4. The molecule has 2 rings (SSSR count). The monoisotopic (exact) mass is 310 g/mol. The van der Waals surface area contributed by atoms with Crippen molar-refractivity contribution in [3.05, 3.63) is 42.5 Å². The third kappa shape index (κ3) is 2.69. The number of rotatable bonds is 5. The molecule has 0 aliphatic heterocycles. The molecule has 114 valence electrons. The third-order valence-corrected chi connectivity index (χ3v) is 2.43. The highest BCUT2D eigenvalue weighted by molar-refractivity contribution is 5.80. The summed E-state index contributed by atoms with van der Waals surface area (Å²) in [6.45, 7) is 0. The van der Waals surface area contributed by atoms with Gasteiger partial charge < -0.3 is 11.1 Å². The molecule has 0 spiro atoms. The topological polar surface area (TPSA) is 209 Å². The highest BCUT2D eigenvalue weighted by Crippen LogP contribution is 2.39. The van der Waals surface area contributed by atoms with Crippen molar-refractivity contribution in [3.8, 4) is 0 Å². The third-order valence-electron chi connectivity index (χ3n) is 2.43. The Bertz CT molecular complexity index is 750. The summed E-state index contributed by atoms with van der Waals surface area (Å²) in [5.41, 5.74) is 2.13. The second kappa shape index (κ2) is 5.27. The van der Waals surface area contributed by atoms with Crippen LogP contribution in [-0.2, 0) is 0 Å². The first kappa shape index (κ1) is 14.6. The maximum absolute atomic E-state index is 11.0. The number of benzene rings is 1. The Morgan fingerprint density at radius 2 is 1.59 bits per heavy atom. The lowest BCUT2D eigenvalue weighted by atomic mass is 10.2. The number of nitro groups is 3. The van der Waals surface area contributed by atoms with Gasteiger partial charge in [-0.05, 0) is 0 Å². The molecule has 1 aromatic heterocycles. The molecule has 14 heteroatoms. The Morgan fingerprint density at radius 1 is 1.05 bits per heavy atom. The van der Waals surface area contributed by atoms with E-state index in [2.05, 4.69) is 20.5 Å². The lowest BCUT2D eigenvalue weighted by Crippen LogP contribution is -2.04. The van der Waals surface area contributed by atoms with Crippen LogP contribution in [-0.4, -0.2) is 30.0 Å². The molecule has 0 amide bonds. The van der Waals surface area contributed by atoms with E-state index in [1.165, 1.54) is 0 Å². The van der Waals surface area contributed by atoms with E-state index >= 15 is 0 Å². The number of aromatic amines is 1. The zero-order valence-corrected chi connectivity index (χ0v) is 10.4. The van der Waals surface area contributed by atoms with Crippen LogP contribution < -0.4 is 11.1 Å². The molecule has 1 heterocycles. The van der Waals surface area contributed by atoms with Gasteiger partial charge in [0.05, 0.1) is 26.9 Å². The molecule has 2 aromatic rings. The fraction of sp³-hybridized carbons (Fsp3) is 0. The Kier molecular flexibility index (Phi) is 3.49. The van der Waals surface area contributed by atoms with Crippen LogP contribution in [0.25, 0.3) is 0 Å². The number of nitrogen functional groups attached to an aromatic ring is 1. The minimum Gasteiger partial charge on any atom is -0.368 e. The summed E-state index contributed by atoms with van der Waals surface area (Å²) in [4.78, 5) is 33.3. The number of non-ortho nitro benzene ring substituents is 1. The molecule has 1 aromatic carbocycles. The number of nitrogens with two attached hydrogens (primary N) is 1. The van der Waals surface area contributed by atoms with Crippen molar-refractivity contribution in [2.75, 3.05) is 11.1 Å². The quantitative estimate of drug-likeness (QED) is 0.523. The number of aromatic nitrogens is 3. The molecule has 0 aliphatic carbocycles. The van der Waals surface area contributed by atoms with E-state index in [-0.39, 0.29) is 11.9 Å². The van der Waals surface area contributed by atoms with Crippen molar-refractivity contribution in [3.63, 3.8) is 0 Å². The summed E-state index contributed by atoms with van der Waals surface area (Å²) < 4.78 is 0. The Morgan fingerprint density at radius 3 is 1.95 bits per heavy atom. The van der Waals surface area contributed by atoms with Crippen LogP contribution in [0.15, 0.2) is 12.1 Å². The normalized spacial score (nSPS) is 10.2. The number of hydrogen-bond donors (Lipinski definition) is 3. The summed E-state index contributed by atoms with van der Waals surface area (Å²) >= 11 is 0. The first-order valence-corrected chi connectivity index (χ1v) is 5.35. The minimum atomic E-state index is -1.00. The van der Waals surface area contributed by atoms with Gasteiger partial charge in [-0.25, -0.2) is 5.10 Å². The van der Waals surface area contributed by atoms with Gasteiger partial charge in [0.15, 0.2) is 5.69 Å². The van der Waals surface area contributed by atoms with Crippen molar-refractivity contribution in [1.82, 2.24) is 15.2 Å². The second-order valence-electron chi connectivity index (χ2n) is 3.80. The summed E-state index contributed by atoms with van der Waals surface area (Å²) in [5, 5.41) is 40.7. The summed E-state index contributed by atoms with van der Waals surface area (Å²) in [5.74, 6) is -0.396. The molecular formula is C8H6N8O6. The van der Waals surface area contributed by atoms with Crippen molar-refractivity contribution in [2.45, 2.75) is 0 Å². The average molecular weight is 310 g/mol. The summed E-state index contributed by atoms with van der Waals surface area (Å²) in [6.07, 6.45) is 0. The molecule has 0 radical (unpaired) electrons. The largest absolute Gasteiger partial charge is 0.368 e. The Labute approximate surface area is 119 Å². The van der Waals surface area contributed by atoms with Gasteiger partial charge in [-0.1, -0.05) is 0 Å². The second-order valence-corrected chi connectivity index (χ2v) is 3.80. The van der Waals surface area contributed by atoms with E-state index < -0.39 is 37.5 Å². The summed E-state index contributed by atoms with van der Waals surface area (Å²) in [7, 11) is 0. The van der Waals surface area contributed by atoms with Gasteiger partial charge in [-0.15, -0.1) is 5.10 Å². The number of H-pyrrole nitrogens is 1. The van der Waals surface area contributed by atoms with E-state index in [4.69, 9.17) is 5.73 Å². The van der Waals surface area contributed by atoms with Gasteiger partial charge in [0, 0.05) is 0 Å². The Hall–Kier alpha value is -3.84. The van der Waals surface area contributed by atoms with Crippen LogP contribution >= 0.6 is 0 Å². The van der Waals surface area contributed by atoms with Gasteiger partial charge in [0.25, 0.3) is 5.69 Å². The van der Waals surface area contributed by atoms with Crippen LogP contribution in [0.4, 0.5) is 34.6 Å². The number of anilines is 3. The molecule has 0 fully saturated rings. The van der Waals surface area contributed by atoms with E-state index in [0.717, 1.165) is 0 Å². The summed E-state index contributed by atoms with van der Waals surface area (Å²) in [6, 6.07) is 1.18. The first-order chi connectivity index (χ1) is 10.3. The highest BCUT2D eigenvalue weighted by atomic mass is 16.6. The highest BCUT2D eigenvalue weighted by Gasteiger charge is 2.31. The first-order valence-electron chi connectivity index (χ1n) is 5.35. The average Bonchev–Trinajstić information content (AvgIpc) is 2.83. The SMILES string of the molecule is Nc1nc(Nc2c([N+](=O)[O-])cc([N+](=O)[O-])cc2[N+](=O)[O-])n[nH]1. The van der Waals surface area contributed by atoms with Crippen LogP contribution in [0, 0.1) is 30.3 Å². The van der Waals surface area contributed by atoms with Crippen LogP contribution in [0.1, 0.15) is 0 Å². The fourth-order valence-electron chi connectivity index (χ4n) is 1.56. The maximum atomic E-state index is 11.0. The van der Waals surface area contributed by atoms with Crippen molar-refractivity contribution in [1.29, 1.82) is 0 Å². The number of nitro benzene ring substituents is 3. The van der Waals surface area contributed by atoms with Crippen molar-refractivity contribution < 1.29 is 14.8 Å². The van der Waals surface area contributed by atoms with Crippen molar-refractivity contribution >= 4 is 34.6 Å². The van der Waals surface area contributed by atoms with Crippen LogP contribution in [0.5, 0.6) is 0 Å². The molecule has 4 N–H and O–H groups in total. The molecule has 0 bridgehead atoms. The standard InChI is InChI=1S/C8H6N8O6/c9-7-11-8(13-12-7)10-6-4(15(19)20)1-3(14(17)18)2-5(6)16(21)22/h1-2H,(H4,9,10,11,12,13). The Balaban J connectivity index is 2.65. The van der Waals surface area contributed by atoms with E-state index in [1.807, 2.05) is 0 Å². The van der Waals surface area contributed by atoms with Gasteiger partial charge in [-0.2, -0.15) is 4.98 Å². The van der Waals surface area contributed by atoms with Gasteiger partial charge in [-0.3, -0.25) is 30.3 Å². The smallest absolute Gasteiger partial charge is 0.306 e. The number of hydrogen-bond acceptors (Lipinski definition) is 10. The zero-order valence-electron chi connectivity index (χ0n) is 10.4. The molecule has 0 aliphatic rings. The van der Waals surface area contributed by atoms with Gasteiger partial charge in [0.2, 0.25) is 11.9 Å². The predicted octanol–water partition coefficient (Wildman–Crippen LogP) is 0.855. The molecule has 22 heavy (non-hydrogen) atoms. The molecule has 0 atom stereocenters. The lowest BCUT2D eigenvalue weighted by molar-refractivity contribution is -0.401. The number of nitrogens with one attached hydrogen (secondary N) is 2. The fourth-order valence-corrected chi connectivity index (χ4v) is 1.56. The van der Waals surface area contributed by atoms with Crippen LogP contribution in [0.3, 0.4) is 0 Å². The van der Waals surface area contributed by atoms with E-state index in [0.29, 0.717) is 12.1 Å². The maximum Gasteiger partial charge on any atom is 0.306 e. The molecule has 0 saturated heterocycles. The molecule has 14 nitrogen and oxygen atoms in total. The van der Waals surface area contributed by atoms with E-state index in [1.54, 1.807) is 0 Å². The molecular weight excluding hydrogens is 304 g/mol. The van der Waals surface area contributed by atoms with Crippen LogP contribution in [0.2, 0.25) is 0 Å². The number of nitrogens with zero attached hydrogens (tertiary/aromatic N) is 5. The lowest BCUT2D eigenvalue weighted by Gasteiger charge is -2.04. The van der Waals surface area contributed by atoms with E-state index in [9.17, 15) is 30.3 Å². The predicted molar refractivity (Wildman–Crippen MR) is 70.5 cm³/mol. The molecule has 0 unspecified atom stereocenters. The van der Waals surface area contributed by atoms with Crippen molar-refractivity contribution in [2.24, 2.45) is 0 Å². The minimum absolute atomic E-state index is 0.130. The molecule has 0 saturated carbocycles. The van der Waals surface area contributed by atoms with Gasteiger partial charge in [0.1, 0.15) is 0 Å².